The van der Waals surface area contributed by atoms with Crippen molar-refractivity contribution in [3.63, 3.8) is 0 Å². The molecule has 7 heteroatoms. The number of benzene rings is 2. The minimum atomic E-state index is -0.620. The first-order valence-electron chi connectivity index (χ1n) is 9.37. The maximum atomic E-state index is 13.0. The lowest BCUT2D eigenvalue weighted by atomic mass is 10.2. The highest BCUT2D eigenvalue weighted by Crippen LogP contribution is 2.25. The van der Waals surface area contributed by atoms with E-state index in [0.29, 0.717) is 25.1 Å². The van der Waals surface area contributed by atoms with E-state index >= 15 is 0 Å². The van der Waals surface area contributed by atoms with Gasteiger partial charge < -0.3 is 14.8 Å². The van der Waals surface area contributed by atoms with Crippen molar-refractivity contribution in [1.29, 1.82) is 0 Å². The quantitative estimate of drug-likeness (QED) is 0.561. The van der Waals surface area contributed by atoms with E-state index in [-0.39, 0.29) is 11.7 Å². The molecule has 1 aromatic heterocycles. The summed E-state index contributed by atoms with van der Waals surface area (Å²) in [6.45, 7) is 2.34. The third-order valence-corrected chi connectivity index (χ3v) is 5.26. The minimum absolute atomic E-state index is 0.192. The molecule has 1 amide bonds. The van der Waals surface area contributed by atoms with Gasteiger partial charge in [-0.15, -0.1) is 11.3 Å². The number of carbonyl (C=O) groups excluding carboxylic acids is 1. The largest absolute Gasteiger partial charge is 0.497 e. The van der Waals surface area contributed by atoms with Crippen LogP contribution in [0, 0.1) is 5.82 Å². The molecule has 29 heavy (non-hydrogen) atoms. The van der Waals surface area contributed by atoms with Gasteiger partial charge in [0, 0.05) is 23.9 Å². The van der Waals surface area contributed by atoms with Crippen LogP contribution >= 0.6 is 11.3 Å². The Morgan fingerprint density at radius 1 is 1.14 bits per heavy atom. The molecule has 2 aromatic carbocycles. The van der Waals surface area contributed by atoms with Crippen LogP contribution in [0.15, 0.2) is 53.9 Å². The predicted molar refractivity (Wildman–Crippen MR) is 112 cm³/mol. The highest BCUT2D eigenvalue weighted by Gasteiger charge is 2.18. The normalized spacial score (nSPS) is 11.7. The number of aromatic nitrogens is 1. The van der Waals surface area contributed by atoms with Crippen LogP contribution in [0.2, 0.25) is 0 Å². The number of halogens is 1. The van der Waals surface area contributed by atoms with Gasteiger partial charge in [0.05, 0.1) is 12.8 Å². The zero-order valence-corrected chi connectivity index (χ0v) is 17.2. The average molecular weight is 415 g/mol. The number of thiazole rings is 1. The van der Waals surface area contributed by atoms with E-state index < -0.39 is 6.10 Å². The molecular formula is C22H23FN2O3S. The van der Waals surface area contributed by atoms with Crippen molar-refractivity contribution in [3.8, 4) is 22.1 Å². The Labute approximate surface area is 173 Å². The second-order valence-electron chi connectivity index (χ2n) is 6.38. The van der Waals surface area contributed by atoms with Gasteiger partial charge in [-0.25, -0.2) is 9.37 Å². The van der Waals surface area contributed by atoms with Crippen molar-refractivity contribution in [2.24, 2.45) is 0 Å². The summed E-state index contributed by atoms with van der Waals surface area (Å²) in [6.07, 6.45) is 0.526. The van der Waals surface area contributed by atoms with Crippen molar-refractivity contribution in [2.75, 3.05) is 13.7 Å². The lowest BCUT2D eigenvalue weighted by molar-refractivity contribution is -0.128. The zero-order valence-electron chi connectivity index (χ0n) is 16.4. The fourth-order valence-corrected chi connectivity index (χ4v) is 3.58. The number of nitrogens with one attached hydrogen (secondary N) is 1. The van der Waals surface area contributed by atoms with Gasteiger partial charge >= 0.3 is 0 Å². The van der Waals surface area contributed by atoms with Crippen LogP contribution in [0.1, 0.15) is 19.0 Å². The van der Waals surface area contributed by atoms with Crippen molar-refractivity contribution >= 4 is 17.2 Å². The summed E-state index contributed by atoms with van der Waals surface area (Å²) in [5, 5.41) is 5.82. The van der Waals surface area contributed by atoms with Crippen LogP contribution in [0.25, 0.3) is 10.6 Å². The molecule has 1 heterocycles. The topological polar surface area (TPSA) is 60.5 Å². The number of rotatable bonds is 9. The van der Waals surface area contributed by atoms with Crippen LogP contribution in [0.3, 0.4) is 0 Å². The summed E-state index contributed by atoms with van der Waals surface area (Å²) in [5.74, 6) is 0.744. The molecule has 0 radical (unpaired) electrons. The Morgan fingerprint density at radius 3 is 2.48 bits per heavy atom. The molecule has 0 aliphatic heterocycles. The first-order chi connectivity index (χ1) is 14.1. The molecule has 3 aromatic rings. The highest BCUT2D eigenvalue weighted by atomic mass is 32.1. The molecule has 1 N–H and O–H groups in total. The van der Waals surface area contributed by atoms with Gasteiger partial charge in [0.15, 0.2) is 6.10 Å². The van der Waals surface area contributed by atoms with Crippen molar-refractivity contribution in [3.05, 3.63) is 65.4 Å². The Balaban J connectivity index is 1.50. The Hall–Kier alpha value is -2.93. The van der Waals surface area contributed by atoms with E-state index in [0.717, 1.165) is 22.0 Å². The first-order valence-corrected chi connectivity index (χ1v) is 10.3. The van der Waals surface area contributed by atoms with E-state index in [4.69, 9.17) is 9.47 Å². The standard InChI is InChI=1S/C22H23FN2O3S/c1-3-20(28-19-10-6-16(23)7-11-19)21(26)24-13-12-17-14-29-22(25-17)15-4-8-18(27-2)9-5-15/h4-11,14,20H,3,12-13H2,1-2H3,(H,24,26)/t20-/m0/s1. The smallest absolute Gasteiger partial charge is 0.261 e. The second-order valence-corrected chi connectivity index (χ2v) is 7.24. The second kappa shape index (κ2) is 10.0. The number of ether oxygens (including phenoxy) is 2. The average Bonchev–Trinajstić information content (AvgIpc) is 3.22. The molecule has 0 saturated carbocycles. The lowest BCUT2D eigenvalue weighted by Gasteiger charge is -2.17. The molecular weight excluding hydrogens is 391 g/mol. The Bertz CT molecular complexity index is 926. The molecule has 0 fully saturated rings. The van der Waals surface area contributed by atoms with Crippen molar-refractivity contribution in [1.82, 2.24) is 10.3 Å². The minimum Gasteiger partial charge on any atom is -0.497 e. The summed E-state index contributed by atoms with van der Waals surface area (Å²) in [6, 6.07) is 13.4. The summed E-state index contributed by atoms with van der Waals surface area (Å²) >= 11 is 1.57. The highest BCUT2D eigenvalue weighted by molar-refractivity contribution is 7.13. The van der Waals surface area contributed by atoms with Gasteiger partial charge in [-0.2, -0.15) is 0 Å². The number of hydrogen-bond donors (Lipinski definition) is 1. The fourth-order valence-electron chi connectivity index (χ4n) is 2.72. The SMILES string of the molecule is CC[C@H](Oc1ccc(F)cc1)C(=O)NCCc1csc(-c2ccc(OC)cc2)n1. The number of hydrogen-bond acceptors (Lipinski definition) is 5. The summed E-state index contributed by atoms with van der Waals surface area (Å²) in [5.41, 5.74) is 1.96. The number of methoxy groups -OCH3 is 1. The molecule has 0 saturated heterocycles. The summed E-state index contributed by atoms with van der Waals surface area (Å²) in [7, 11) is 1.64. The van der Waals surface area contributed by atoms with E-state index in [9.17, 15) is 9.18 Å². The fraction of sp³-hybridized carbons (Fsp3) is 0.273. The van der Waals surface area contributed by atoms with Gasteiger partial charge in [0.25, 0.3) is 5.91 Å². The van der Waals surface area contributed by atoms with Crippen LogP contribution in [-0.4, -0.2) is 30.6 Å². The molecule has 5 nitrogen and oxygen atoms in total. The monoisotopic (exact) mass is 414 g/mol. The van der Waals surface area contributed by atoms with Gasteiger partial charge in [-0.05, 0) is 55.0 Å². The van der Waals surface area contributed by atoms with E-state index in [1.165, 1.54) is 24.3 Å². The first kappa shape index (κ1) is 20.8. The van der Waals surface area contributed by atoms with Crippen molar-refractivity contribution in [2.45, 2.75) is 25.9 Å². The molecule has 3 rings (SSSR count). The van der Waals surface area contributed by atoms with Crippen molar-refractivity contribution < 1.29 is 18.7 Å². The lowest BCUT2D eigenvalue weighted by Crippen LogP contribution is -2.38. The van der Waals surface area contributed by atoms with Gasteiger partial charge in [0.2, 0.25) is 0 Å². The molecule has 1 atom stereocenters. The number of nitrogens with zero attached hydrogens (tertiary/aromatic N) is 1. The molecule has 0 aliphatic carbocycles. The number of carbonyl (C=O) groups is 1. The van der Waals surface area contributed by atoms with Gasteiger partial charge in [-0.1, -0.05) is 6.92 Å². The molecule has 0 unspecified atom stereocenters. The molecule has 0 spiro atoms. The van der Waals surface area contributed by atoms with Gasteiger partial charge in [-0.3, -0.25) is 4.79 Å². The maximum absolute atomic E-state index is 13.0. The van der Waals surface area contributed by atoms with Gasteiger partial charge in [0.1, 0.15) is 22.3 Å². The maximum Gasteiger partial charge on any atom is 0.261 e. The van der Waals surface area contributed by atoms with Crippen LogP contribution < -0.4 is 14.8 Å². The summed E-state index contributed by atoms with van der Waals surface area (Å²) < 4.78 is 23.8. The molecule has 152 valence electrons. The van der Waals surface area contributed by atoms with Crippen LogP contribution in [0.4, 0.5) is 4.39 Å². The molecule has 0 bridgehead atoms. The van der Waals surface area contributed by atoms with Crippen LogP contribution in [-0.2, 0) is 11.2 Å². The third kappa shape index (κ3) is 5.77. The van der Waals surface area contributed by atoms with E-state index in [2.05, 4.69) is 10.3 Å². The Morgan fingerprint density at radius 2 is 1.83 bits per heavy atom. The summed E-state index contributed by atoms with van der Waals surface area (Å²) in [4.78, 5) is 17.0. The van der Waals surface area contributed by atoms with Crippen LogP contribution in [0.5, 0.6) is 11.5 Å². The Kier molecular flexibility index (Phi) is 7.19. The zero-order chi connectivity index (χ0) is 20.6. The van der Waals surface area contributed by atoms with E-state index in [1.807, 2.05) is 36.6 Å². The molecule has 0 aliphatic rings. The third-order valence-electron chi connectivity index (χ3n) is 4.32. The predicted octanol–water partition coefficient (Wildman–Crippen LogP) is 4.47. The van der Waals surface area contributed by atoms with E-state index in [1.54, 1.807) is 18.4 Å². The number of amides is 1.